The molecule has 4 atom stereocenters. The molecule has 0 saturated heterocycles. The lowest BCUT2D eigenvalue weighted by atomic mass is 10.0. The van der Waals surface area contributed by atoms with Crippen molar-refractivity contribution in [1.82, 2.24) is 16.0 Å². The van der Waals surface area contributed by atoms with Crippen LogP contribution in [0.25, 0.3) is 0 Å². The van der Waals surface area contributed by atoms with Gasteiger partial charge in [-0.15, -0.1) is 0 Å². The van der Waals surface area contributed by atoms with Crippen molar-refractivity contribution in [2.45, 2.75) is 49.9 Å². The Morgan fingerprint density at radius 2 is 1.34 bits per heavy atom. The number of nitrogens with two attached hydrogens (primary N) is 1. The first-order chi connectivity index (χ1) is 16.4. The normalized spacial score (nSPS) is 14.0. The monoisotopic (exact) mass is 512 g/mol. The molecule has 4 unspecified atom stereocenters. The minimum absolute atomic E-state index is 0.0663. The molecule has 8 N–H and O–H groups in total. The Hall–Kier alpha value is -3.65. The maximum Gasteiger partial charge on any atom is 0.327 e. The topological polar surface area (TPSA) is 225 Å². The molecule has 0 saturated carbocycles. The van der Waals surface area contributed by atoms with Gasteiger partial charge in [0.05, 0.1) is 12.5 Å². The van der Waals surface area contributed by atoms with Crippen LogP contribution in [0.5, 0.6) is 0 Å². The number of thiol groups is 1. The van der Waals surface area contributed by atoms with Gasteiger partial charge < -0.3 is 37.0 Å². The van der Waals surface area contributed by atoms with Gasteiger partial charge in [-0.3, -0.25) is 24.0 Å². The van der Waals surface area contributed by atoms with Crippen LogP contribution in [0.2, 0.25) is 0 Å². The van der Waals surface area contributed by atoms with E-state index < -0.39 is 72.6 Å². The fourth-order valence-electron chi connectivity index (χ4n) is 2.86. The summed E-state index contributed by atoms with van der Waals surface area (Å²) in [7, 11) is 0. The van der Waals surface area contributed by atoms with Gasteiger partial charge in [0.25, 0.3) is 0 Å². The maximum atomic E-state index is 12.9. The van der Waals surface area contributed by atoms with Gasteiger partial charge in [0, 0.05) is 18.6 Å². The molecule has 14 heteroatoms. The Bertz CT molecular complexity index is 929. The second kappa shape index (κ2) is 14.6. The van der Waals surface area contributed by atoms with Crippen molar-refractivity contribution in [2.75, 3.05) is 5.75 Å². The highest BCUT2D eigenvalue weighted by Crippen LogP contribution is 2.06. The number of nitrogens with one attached hydrogen (secondary N) is 3. The first-order valence-corrected chi connectivity index (χ1v) is 11.1. The van der Waals surface area contributed by atoms with E-state index in [1.165, 1.54) is 0 Å². The number of carboxylic acid groups (broad SMARTS) is 3. The number of benzene rings is 1. The number of hydrogen-bond donors (Lipinski definition) is 8. The summed E-state index contributed by atoms with van der Waals surface area (Å²) in [5, 5.41) is 33.8. The third-order valence-electron chi connectivity index (χ3n) is 4.73. The molecule has 1 rings (SSSR count). The molecule has 1 aromatic rings. The number of carbonyl (C=O) groups is 6. The summed E-state index contributed by atoms with van der Waals surface area (Å²) in [5.41, 5.74) is 6.22. The zero-order chi connectivity index (χ0) is 26.5. The van der Waals surface area contributed by atoms with Crippen LogP contribution in [-0.2, 0) is 35.2 Å². The second-order valence-electron chi connectivity index (χ2n) is 7.53. The van der Waals surface area contributed by atoms with E-state index in [4.69, 9.17) is 15.9 Å². The molecular formula is C21H28N4O9S. The minimum atomic E-state index is -1.64. The number of carboxylic acids is 3. The maximum absolute atomic E-state index is 12.9. The van der Waals surface area contributed by atoms with E-state index in [1.807, 2.05) is 0 Å². The molecule has 0 bridgehead atoms. The van der Waals surface area contributed by atoms with Gasteiger partial charge in [0.15, 0.2) is 0 Å². The highest BCUT2D eigenvalue weighted by atomic mass is 32.1. The van der Waals surface area contributed by atoms with Crippen LogP contribution in [0.15, 0.2) is 30.3 Å². The van der Waals surface area contributed by atoms with Crippen molar-refractivity contribution in [3.8, 4) is 0 Å². The first kappa shape index (κ1) is 29.4. The molecule has 1 aromatic carbocycles. The number of carbonyl (C=O) groups excluding carboxylic acids is 3. The van der Waals surface area contributed by atoms with E-state index in [1.54, 1.807) is 30.3 Å². The van der Waals surface area contributed by atoms with Gasteiger partial charge in [-0.25, -0.2) is 4.79 Å². The lowest BCUT2D eigenvalue weighted by Gasteiger charge is -2.24. The lowest BCUT2D eigenvalue weighted by Crippen LogP contribution is -2.58. The number of aliphatic carboxylic acids is 3. The van der Waals surface area contributed by atoms with Gasteiger partial charge in [0.1, 0.15) is 18.1 Å². The van der Waals surface area contributed by atoms with Crippen LogP contribution >= 0.6 is 12.6 Å². The second-order valence-corrected chi connectivity index (χ2v) is 7.90. The molecule has 192 valence electrons. The van der Waals surface area contributed by atoms with Gasteiger partial charge in [0.2, 0.25) is 17.7 Å². The van der Waals surface area contributed by atoms with E-state index in [2.05, 4.69) is 28.6 Å². The predicted octanol–water partition coefficient (Wildman–Crippen LogP) is -1.64. The van der Waals surface area contributed by atoms with Crippen LogP contribution in [0.4, 0.5) is 0 Å². The summed E-state index contributed by atoms with van der Waals surface area (Å²) in [4.78, 5) is 71.1. The van der Waals surface area contributed by atoms with Crippen molar-refractivity contribution in [3.05, 3.63) is 35.9 Å². The highest BCUT2D eigenvalue weighted by molar-refractivity contribution is 7.80. The van der Waals surface area contributed by atoms with Crippen LogP contribution in [-0.4, -0.2) is 80.9 Å². The fraction of sp³-hybridized carbons (Fsp3) is 0.429. The summed E-state index contributed by atoms with van der Waals surface area (Å²) in [6.45, 7) is 0. The predicted molar refractivity (Wildman–Crippen MR) is 125 cm³/mol. The lowest BCUT2D eigenvalue weighted by molar-refractivity contribution is -0.142. The van der Waals surface area contributed by atoms with E-state index in [0.29, 0.717) is 5.56 Å². The van der Waals surface area contributed by atoms with Crippen LogP contribution in [0.1, 0.15) is 24.8 Å². The molecule has 13 nitrogen and oxygen atoms in total. The van der Waals surface area contributed by atoms with Crippen molar-refractivity contribution in [1.29, 1.82) is 0 Å². The summed E-state index contributed by atoms with van der Waals surface area (Å²) in [6.07, 6.45) is -1.58. The van der Waals surface area contributed by atoms with Crippen molar-refractivity contribution >= 4 is 48.3 Å². The summed E-state index contributed by atoms with van der Waals surface area (Å²) >= 11 is 3.88. The van der Waals surface area contributed by atoms with Gasteiger partial charge >= 0.3 is 17.9 Å². The van der Waals surface area contributed by atoms with E-state index >= 15 is 0 Å². The SMILES string of the molecule is NC(CCC(=O)O)C(=O)NC(CC(=O)O)C(=O)NC(Cc1ccccc1)C(=O)NC(CS)C(=O)O. The van der Waals surface area contributed by atoms with Crippen LogP contribution < -0.4 is 21.7 Å². The first-order valence-electron chi connectivity index (χ1n) is 10.4. The zero-order valence-electron chi connectivity index (χ0n) is 18.5. The molecule has 35 heavy (non-hydrogen) atoms. The Morgan fingerprint density at radius 1 is 0.800 bits per heavy atom. The Kier molecular flexibility index (Phi) is 12.2. The average Bonchev–Trinajstić information content (AvgIpc) is 2.79. The quantitative estimate of drug-likeness (QED) is 0.125. The zero-order valence-corrected chi connectivity index (χ0v) is 19.4. The Balaban J connectivity index is 3.06. The van der Waals surface area contributed by atoms with Crippen LogP contribution in [0.3, 0.4) is 0 Å². The molecule has 3 amide bonds. The van der Waals surface area contributed by atoms with E-state index in [-0.39, 0.29) is 18.6 Å². The van der Waals surface area contributed by atoms with Gasteiger partial charge in [-0.2, -0.15) is 12.6 Å². The third-order valence-corrected chi connectivity index (χ3v) is 5.10. The smallest absolute Gasteiger partial charge is 0.327 e. The van der Waals surface area contributed by atoms with Gasteiger partial charge in [-0.05, 0) is 12.0 Å². The van der Waals surface area contributed by atoms with Crippen molar-refractivity contribution < 1.29 is 44.1 Å². The van der Waals surface area contributed by atoms with Gasteiger partial charge in [-0.1, -0.05) is 30.3 Å². The standard InChI is InChI=1S/C21H28N4O9S/c22-12(6-7-16(26)27)18(30)23-14(9-17(28)29)20(32)24-13(8-11-4-2-1-3-5-11)19(31)25-15(10-35)21(33)34/h1-5,12-15,35H,6-10,22H2,(H,23,30)(H,24,32)(H,25,31)(H,26,27)(H,28,29)(H,33,34). The number of rotatable bonds is 15. The van der Waals surface area contributed by atoms with E-state index in [0.717, 1.165) is 0 Å². The molecule has 0 spiro atoms. The summed E-state index contributed by atoms with van der Waals surface area (Å²) in [5.74, 6) is -7.03. The highest BCUT2D eigenvalue weighted by Gasteiger charge is 2.31. The number of hydrogen-bond acceptors (Lipinski definition) is 8. The van der Waals surface area contributed by atoms with Crippen molar-refractivity contribution in [3.63, 3.8) is 0 Å². The minimum Gasteiger partial charge on any atom is -0.481 e. The van der Waals surface area contributed by atoms with E-state index in [9.17, 15) is 33.9 Å². The largest absolute Gasteiger partial charge is 0.481 e. The molecule has 0 fully saturated rings. The summed E-state index contributed by atoms with van der Waals surface area (Å²) < 4.78 is 0. The van der Waals surface area contributed by atoms with Crippen molar-refractivity contribution in [2.24, 2.45) is 5.73 Å². The molecule has 0 aliphatic rings. The fourth-order valence-corrected chi connectivity index (χ4v) is 3.11. The molecule has 0 aromatic heterocycles. The molecule has 0 radical (unpaired) electrons. The Morgan fingerprint density at radius 3 is 1.86 bits per heavy atom. The Labute approximate surface area is 205 Å². The molecule has 0 aliphatic carbocycles. The average molecular weight is 513 g/mol. The number of amides is 3. The molecule has 0 aliphatic heterocycles. The summed E-state index contributed by atoms with van der Waals surface area (Å²) in [6, 6.07) is 2.81. The third kappa shape index (κ3) is 10.9. The molecular weight excluding hydrogens is 484 g/mol. The molecule has 0 heterocycles. The van der Waals surface area contributed by atoms with Crippen LogP contribution in [0, 0.1) is 0 Å².